The number of nitrogens with zero attached hydrogens (tertiary/aromatic N) is 3. The summed E-state index contributed by atoms with van der Waals surface area (Å²) < 4.78 is 11.4. The number of likely N-dealkylation sites (tertiary alicyclic amines) is 1. The van der Waals surface area contributed by atoms with E-state index in [1.54, 1.807) is 24.7 Å². The number of ether oxygens (including phenoxy) is 1. The van der Waals surface area contributed by atoms with Gasteiger partial charge in [-0.2, -0.15) is 0 Å². The van der Waals surface area contributed by atoms with Gasteiger partial charge in [0.15, 0.2) is 0 Å². The van der Waals surface area contributed by atoms with Gasteiger partial charge in [0.2, 0.25) is 5.95 Å². The van der Waals surface area contributed by atoms with Crippen LogP contribution >= 0.6 is 0 Å². The second-order valence-corrected chi connectivity index (χ2v) is 7.12. The fourth-order valence-electron chi connectivity index (χ4n) is 3.95. The second-order valence-electron chi connectivity index (χ2n) is 7.12. The molecule has 138 valence electrons. The van der Waals surface area contributed by atoms with E-state index in [1.807, 2.05) is 17.9 Å². The maximum Gasteiger partial charge on any atom is 0.257 e. The van der Waals surface area contributed by atoms with Crippen molar-refractivity contribution < 1.29 is 13.9 Å². The second kappa shape index (κ2) is 7.07. The minimum absolute atomic E-state index is 0.0502. The number of carbonyl (C=O) groups excluding carboxylic acids is 1. The normalized spacial score (nSPS) is 22.3. The number of hydrogen-bond acceptors (Lipinski definition) is 6. The Balaban J connectivity index is 1.37. The molecule has 2 aromatic rings. The zero-order valence-electron chi connectivity index (χ0n) is 15.0. The molecule has 0 aromatic carbocycles. The number of hydrogen-bond donors (Lipinski definition) is 1. The van der Waals surface area contributed by atoms with Crippen molar-refractivity contribution in [1.82, 2.24) is 14.9 Å². The topological polar surface area (TPSA) is 80.5 Å². The smallest absolute Gasteiger partial charge is 0.257 e. The molecule has 0 bridgehead atoms. The van der Waals surface area contributed by atoms with Gasteiger partial charge in [0.25, 0.3) is 5.91 Å². The Labute approximate surface area is 152 Å². The van der Waals surface area contributed by atoms with E-state index in [9.17, 15) is 4.79 Å². The van der Waals surface area contributed by atoms with E-state index >= 15 is 0 Å². The lowest BCUT2D eigenvalue weighted by Crippen LogP contribution is -2.52. The number of carbonyl (C=O) groups is 1. The van der Waals surface area contributed by atoms with Crippen molar-refractivity contribution in [3.05, 3.63) is 42.1 Å². The number of furan rings is 1. The van der Waals surface area contributed by atoms with Crippen LogP contribution in [0.15, 0.2) is 35.2 Å². The largest absolute Gasteiger partial charge is 0.469 e. The number of amides is 1. The first-order valence-electron chi connectivity index (χ1n) is 9.16. The molecule has 4 rings (SSSR count). The third-order valence-electron chi connectivity index (χ3n) is 5.44. The zero-order valence-corrected chi connectivity index (χ0v) is 15.0. The maximum absolute atomic E-state index is 12.7. The van der Waals surface area contributed by atoms with E-state index < -0.39 is 0 Å². The monoisotopic (exact) mass is 356 g/mol. The summed E-state index contributed by atoms with van der Waals surface area (Å²) in [5.74, 6) is 1.39. The fourth-order valence-corrected chi connectivity index (χ4v) is 3.95. The summed E-state index contributed by atoms with van der Waals surface area (Å²) in [6.07, 6.45) is 8.61. The van der Waals surface area contributed by atoms with Gasteiger partial charge in [-0.05, 0) is 44.7 Å². The predicted molar refractivity (Wildman–Crippen MR) is 95.9 cm³/mol. The van der Waals surface area contributed by atoms with Gasteiger partial charge in [-0.3, -0.25) is 4.79 Å². The van der Waals surface area contributed by atoms with Crippen molar-refractivity contribution >= 4 is 11.9 Å². The SMILES string of the molecule is Cc1occc1C(=O)N1CCC2(CC1)C[C@H](Nc1ncccn1)CCO2. The van der Waals surface area contributed by atoms with E-state index in [0.717, 1.165) is 32.3 Å². The van der Waals surface area contributed by atoms with Crippen molar-refractivity contribution in [3.8, 4) is 0 Å². The Bertz CT molecular complexity index is 753. The summed E-state index contributed by atoms with van der Waals surface area (Å²) in [7, 11) is 0. The highest BCUT2D eigenvalue weighted by Gasteiger charge is 2.41. The molecule has 0 radical (unpaired) electrons. The van der Waals surface area contributed by atoms with Crippen molar-refractivity contribution in [2.45, 2.75) is 44.2 Å². The zero-order chi connectivity index (χ0) is 18.0. The Morgan fingerprint density at radius 1 is 1.31 bits per heavy atom. The Kier molecular flexibility index (Phi) is 4.63. The fraction of sp³-hybridized carbons (Fsp3) is 0.526. The van der Waals surface area contributed by atoms with E-state index in [1.165, 1.54) is 0 Å². The van der Waals surface area contributed by atoms with Gasteiger partial charge in [-0.1, -0.05) is 0 Å². The first-order valence-corrected chi connectivity index (χ1v) is 9.16. The number of aromatic nitrogens is 2. The molecule has 1 spiro atoms. The first kappa shape index (κ1) is 17.0. The molecule has 2 saturated heterocycles. The molecule has 2 aromatic heterocycles. The average molecular weight is 356 g/mol. The summed E-state index contributed by atoms with van der Waals surface area (Å²) in [6.45, 7) is 3.96. The number of anilines is 1. The van der Waals surface area contributed by atoms with Gasteiger partial charge in [0, 0.05) is 38.1 Å². The summed E-state index contributed by atoms with van der Waals surface area (Å²) in [5.41, 5.74) is 0.499. The lowest BCUT2D eigenvalue weighted by atomic mass is 9.82. The summed E-state index contributed by atoms with van der Waals surface area (Å²) in [4.78, 5) is 23.1. The number of aryl methyl sites for hydroxylation is 1. The summed E-state index contributed by atoms with van der Waals surface area (Å²) >= 11 is 0. The standard InChI is InChI=1S/C19H24N4O3/c1-14-16(4-11-25-14)17(24)23-9-5-19(6-10-23)13-15(3-12-26-19)22-18-20-7-2-8-21-18/h2,4,7-8,11,15H,3,5-6,9-10,12-13H2,1H3,(H,20,21,22)/t15-/m1/s1. The van der Waals surface area contributed by atoms with Crippen molar-refractivity contribution in [2.24, 2.45) is 0 Å². The van der Waals surface area contributed by atoms with Gasteiger partial charge >= 0.3 is 0 Å². The molecule has 1 N–H and O–H groups in total. The Hall–Kier alpha value is -2.41. The summed E-state index contributed by atoms with van der Waals surface area (Å²) in [5, 5.41) is 3.42. The molecule has 7 nitrogen and oxygen atoms in total. The van der Waals surface area contributed by atoms with Gasteiger partial charge < -0.3 is 19.4 Å². The quantitative estimate of drug-likeness (QED) is 0.911. The molecule has 4 heterocycles. The third kappa shape index (κ3) is 3.44. The highest BCUT2D eigenvalue weighted by atomic mass is 16.5. The molecule has 2 aliphatic heterocycles. The van der Waals surface area contributed by atoms with Crippen LogP contribution in [0.25, 0.3) is 0 Å². The molecule has 2 aliphatic rings. The highest BCUT2D eigenvalue weighted by Crippen LogP contribution is 2.36. The molecule has 26 heavy (non-hydrogen) atoms. The predicted octanol–water partition coefficient (Wildman–Crippen LogP) is 2.64. The lowest BCUT2D eigenvalue weighted by Gasteiger charge is -2.46. The van der Waals surface area contributed by atoms with E-state index in [4.69, 9.17) is 9.15 Å². The number of piperidine rings is 1. The van der Waals surface area contributed by atoms with Gasteiger partial charge in [-0.15, -0.1) is 0 Å². The van der Waals surface area contributed by atoms with Crippen LogP contribution in [0.5, 0.6) is 0 Å². The Morgan fingerprint density at radius 3 is 2.77 bits per heavy atom. The molecule has 0 saturated carbocycles. The van der Waals surface area contributed by atoms with Crippen LogP contribution in [-0.2, 0) is 4.74 Å². The van der Waals surface area contributed by atoms with Gasteiger partial charge in [0.05, 0.1) is 17.4 Å². The van der Waals surface area contributed by atoms with Crippen LogP contribution in [0.4, 0.5) is 5.95 Å². The molecule has 7 heteroatoms. The molecule has 2 fully saturated rings. The molecular weight excluding hydrogens is 332 g/mol. The van der Waals surface area contributed by atoms with Crippen LogP contribution in [0.2, 0.25) is 0 Å². The molecule has 0 unspecified atom stereocenters. The Morgan fingerprint density at radius 2 is 2.08 bits per heavy atom. The van der Waals surface area contributed by atoms with E-state index in [2.05, 4.69) is 15.3 Å². The van der Waals surface area contributed by atoms with Crippen molar-refractivity contribution in [2.75, 3.05) is 25.0 Å². The molecule has 0 aliphatic carbocycles. The van der Waals surface area contributed by atoms with Gasteiger partial charge in [-0.25, -0.2) is 9.97 Å². The summed E-state index contributed by atoms with van der Waals surface area (Å²) in [6, 6.07) is 3.86. The third-order valence-corrected chi connectivity index (χ3v) is 5.44. The van der Waals surface area contributed by atoms with Crippen LogP contribution < -0.4 is 5.32 Å². The van der Waals surface area contributed by atoms with Crippen LogP contribution in [0.1, 0.15) is 41.8 Å². The minimum Gasteiger partial charge on any atom is -0.469 e. The van der Waals surface area contributed by atoms with Crippen LogP contribution in [-0.4, -0.2) is 52.1 Å². The van der Waals surface area contributed by atoms with Crippen molar-refractivity contribution in [3.63, 3.8) is 0 Å². The highest BCUT2D eigenvalue weighted by molar-refractivity contribution is 5.95. The average Bonchev–Trinajstić information content (AvgIpc) is 3.09. The number of rotatable bonds is 3. The molecule has 1 atom stereocenters. The molecule has 1 amide bonds. The first-order chi connectivity index (χ1) is 12.7. The van der Waals surface area contributed by atoms with Crippen LogP contribution in [0, 0.1) is 6.92 Å². The van der Waals surface area contributed by atoms with Crippen LogP contribution in [0.3, 0.4) is 0 Å². The van der Waals surface area contributed by atoms with Crippen molar-refractivity contribution in [1.29, 1.82) is 0 Å². The molecular formula is C19H24N4O3. The minimum atomic E-state index is -0.160. The van der Waals surface area contributed by atoms with E-state index in [0.29, 0.717) is 36.4 Å². The lowest BCUT2D eigenvalue weighted by molar-refractivity contribution is -0.110. The number of nitrogens with one attached hydrogen (secondary N) is 1. The van der Waals surface area contributed by atoms with Gasteiger partial charge in [0.1, 0.15) is 5.76 Å². The maximum atomic E-state index is 12.7. The van der Waals surface area contributed by atoms with E-state index in [-0.39, 0.29) is 11.5 Å².